The van der Waals surface area contributed by atoms with E-state index in [2.05, 4.69) is 20.1 Å². The summed E-state index contributed by atoms with van der Waals surface area (Å²) in [6, 6.07) is 11.7. The average molecular weight is 374 g/mol. The molecule has 0 spiro atoms. The summed E-state index contributed by atoms with van der Waals surface area (Å²) in [5, 5.41) is 10.5. The first-order valence-corrected chi connectivity index (χ1v) is 8.96. The first kappa shape index (κ1) is 17.6. The van der Waals surface area contributed by atoms with Crippen molar-refractivity contribution < 1.29 is 17.5 Å². The van der Waals surface area contributed by atoms with Crippen molar-refractivity contribution in [1.29, 1.82) is 0 Å². The monoisotopic (exact) mass is 374 g/mol. The SMILES string of the molecule is COc1ccc(S(=O)(=O)N/N=C\c2cn[nH]c2-c2ccc(F)cc2)cc1. The predicted octanol–water partition coefficient (Wildman–Crippen LogP) is 2.54. The van der Waals surface area contributed by atoms with Crippen molar-refractivity contribution in [2.75, 3.05) is 7.11 Å². The van der Waals surface area contributed by atoms with Gasteiger partial charge in [0.15, 0.2) is 0 Å². The van der Waals surface area contributed by atoms with Crippen molar-refractivity contribution in [2.45, 2.75) is 4.90 Å². The molecule has 0 bridgehead atoms. The minimum Gasteiger partial charge on any atom is -0.497 e. The molecule has 0 unspecified atom stereocenters. The van der Waals surface area contributed by atoms with Gasteiger partial charge in [-0.3, -0.25) is 5.10 Å². The lowest BCUT2D eigenvalue weighted by molar-refractivity contribution is 0.414. The minimum absolute atomic E-state index is 0.0569. The van der Waals surface area contributed by atoms with Gasteiger partial charge in [0.1, 0.15) is 11.6 Å². The molecule has 3 rings (SSSR count). The van der Waals surface area contributed by atoms with Crippen LogP contribution in [0, 0.1) is 5.82 Å². The number of aromatic nitrogens is 2. The zero-order valence-electron chi connectivity index (χ0n) is 13.7. The number of nitrogens with one attached hydrogen (secondary N) is 2. The molecular weight excluding hydrogens is 359 g/mol. The molecule has 2 aromatic carbocycles. The molecule has 0 aliphatic rings. The van der Waals surface area contributed by atoms with Crippen LogP contribution in [-0.2, 0) is 10.0 Å². The molecule has 0 atom stereocenters. The molecule has 134 valence electrons. The van der Waals surface area contributed by atoms with Gasteiger partial charge in [0, 0.05) is 11.1 Å². The molecule has 7 nitrogen and oxygen atoms in total. The van der Waals surface area contributed by atoms with Crippen molar-refractivity contribution >= 4 is 16.2 Å². The summed E-state index contributed by atoms with van der Waals surface area (Å²) in [6.07, 6.45) is 2.81. The highest BCUT2D eigenvalue weighted by Gasteiger charge is 2.13. The molecule has 0 radical (unpaired) electrons. The Morgan fingerprint density at radius 2 is 1.85 bits per heavy atom. The number of benzene rings is 2. The van der Waals surface area contributed by atoms with Crippen LogP contribution in [0.1, 0.15) is 5.56 Å². The standard InChI is InChI=1S/C17H15FN4O3S/c1-25-15-6-8-16(9-7-15)26(23,24)22-20-11-13-10-19-21-17(13)12-2-4-14(18)5-3-12/h2-11,22H,1H3,(H,19,21)/b20-11-. The Bertz CT molecular complexity index is 1010. The molecule has 2 N–H and O–H groups in total. The predicted molar refractivity (Wildman–Crippen MR) is 94.9 cm³/mol. The van der Waals surface area contributed by atoms with E-state index in [1.165, 1.54) is 43.8 Å². The van der Waals surface area contributed by atoms with Crippen molar-refractivity contribution in [1.82, 2.24) is 15.0 Å². The Morgan fingerprint density at radius 3 is 2.50 bits per heavy atom. The Labute approximate surface area is 149 Å². The molecule has 1 aromatic heterocycles. The Balaban J connectivity index is 1.76. The van der Waals surface area contributed by atoms with Crippen molar-refractivity contribution in [3.8, 4) is 17.0 Å². The number of hydrogen-bond acceptors (Lipinski definition) is 5. The van der Waals surface area contributed by atoms with Gasteiger partial charge in [-0.25, -0.2) is 9.22 Å². The topological polar surface area (TPSA) is 96.4 Å². The molecule has 0 fully saturated rings. The van der Waals surface area contributed by atoms with Crippen molar-refractivity contribution in [2.24, 2.45) is 5.10 Å². The third-order valence-corrected chi connectivity index (χ3v) is 4.79. The lowest BCUT2D eigenvalue weighted by Gasteiger charge is -2.04. The first-order valence-electron chi connectivity index (χ1n) is 7.48. The zero-order chi connectivity index (χ0) is 18.6. The van der Waals surface area contributed by atoms with Crippen LogP contribution >= 0.6 is 0 Å². The summed E-state index contributed by atoms with van der Waals surface area (Å²) in [5.41, 5.74) is 1.84. The van der Waals surface area contributed by atoms with E-state index in [-0.39, 0.29) is 10.7 Å². The maximum Gasteiger partial charge on any atom is 0.276 e. The second kappa shape index (κ2) is 7.36. The molecular formula is C17H15FN4O3S. The molecule has 0 aliphatic carbocycles. The largest absolute Gasteiger partial charge is 0.497 e. The summed E-state index contributed by atoms with van der Waals surface area (Å²) in [6.45, 7) is 0. The van der Waals surface area contributed by atoms with Crippen LogP contribution < -0.4 is 9.57 Å². The third kappa shape index (κ3) is 3.89. The van der Waals surface area contributed by atoms with Gasteiger partial charge >= 0.3 is 0 Å². The van der Waals surface area contributed by atoms with E-state index < -0.39 is 10.0 Å². The lowest BCUT2D eigenvalue weighted by atomic mass is 10.1. The summed E-state index contributed by atoms with van der Waals surface area (Å²) < 4.78 is 42.5. The van der Waals surface area contributed by atoms with Gasteiger partial charge in [0.2, 0.25) is 0 Å². The van der Waals surface area contributed by atoms with E-state index >= 15 is 0 Å². The van der Waals surface area contributed by atoms with Crippen LogP contribution in [0.4, 0.5) is 4.39 Å². The highest BCUT2D eigenvalue weighted by molar-refractivity contribution is 7.89. The number of rotatable bonds is 6. The number of sulfonamides is 1. The summed E-state index contributed by atoms with van der Waals surface area (Å²) >= 11 is 0. The summed E-state index contributed by atoms with van der Waals surface area (Å²) in [4.78, 5) is 2.19. The van der Waals surface area contributed by atoms with Crippen LogP contribution in [-0.4, -0.2) is 31.9 Å². The summed E-state index contributed by atoms with van der Waals surface area (Å²) in [7, 11) is -2.31. The Kier molecular flexibility index (Phi) is 4.99. The van der Waals surface area contributed by atoms with Gasteiger partial charge in [0.25, 0.3) is 10.0 Å². The quantitative estimate of drug-likeness (QED) is 0.512. The number of ether oxygens (including phenoxy) is 1. The van der Waals surface area contributed by atoms with Crippen molar-refractivity contribution in [3.63, 3.8) is 0 Å². The molecule has 3 aromatic rings. The molecule has 0 saturated heterocycles. The van der Waals surface area contributed by atoms with Crippen LogP contribution in [0.3, 0.4) is 0 Å². The fourth-order valence-electron chi connectivity index (χ4n) is 2.21. The van der Waals surface area contributed by atoms with Crippen LogP contribution in [0.2, 0.25) is 0 Å². The Hall–Kier alpha value is -3.20. The minimum atomic E-state index is -3.81. The Morgan fingerprint density at radius 1 is 1.15 bits per heavy atom. The number of halogens is 1. The van der Waals surface area contributed by atoms with Gasteiger partial charge in [-0.1, -0.05) is 0 Å². The number of nitrogens with zero attached hydrogens (tertiary/aromatic N) is 2. The van der Waals surface area contributed by atoms with Crippen molar-refractivity contribution in [3.05, 3.63) is 66.1 Å². The number of H-pyrrole nitrogens is 1. The molecule has 0 amide bonds. The smallest absolute Gasteiger partial charge is 0.276 e. The van der Waals surface area contributed by atoms with Crippen LogP contribution in [0.15, 0.2) is 64.7 Å². The summed E-state index contributed by atoms with van der Waals surface area (Å²) in [5.74, 6) is 0.200. The van der Waals surface area contributed by atoms with Gasteiger partial charge in [-0.05, 0) is 48.5 Å². The highest BCUT2D eigenvalue weighted by Crippen LogP contribution is 2.20. The van der Waals surface area contributed by atoms with E-state index in [4.69, 9.17) is 4.74 Å². The highest BCUT2D eigenvalue weighted by atomic mass is 32.2. The van der Waals surface area contributed by atoms with Crippen LogP contribution in [0.5, 0.6) is 5.75 Å². The molecule has 1 heterocycles. The number of hydrogen-bond donors (Lipinski definition) is 2. The normalized spacial score (nSPS) is 11.6. The second-order valence-electron chi connectivity index (χ2n) is 5.24. The van der Waals surface area contributed by atoms with Gasteiger partial charge in [-0.2, -0.15) is 18.6 Å². The fourth-order valence-corrected chi connectivity index (χ4v) is 3.01. The average Bonchev–Trinajstić information content (AvgIpc) is 3.11. The number of hydrazone groups is 1. The van der Waals surface area contributed by atoms with E-state index in [0.717, 1.165) is 0 Å². The molecule has 0 saturated carbocycles. The molecule has 0 aliphatic heterocycles. The van der Waals surface area contributed by atoms with Gasteiger partial charge in [-0.15, -0.1) is 0 Å². The van der Waals surface area contributed by atoms with Crippen LogP contribution in [0.25, 0.3) is 11.3 Å². The van der Waals surface area contributed by atoms with Gasteiger partial charge in [0.05, 0.1) is 30.1 Å². The lowest BCUT2D eigenvalue weighted by Crippen LogP contribution is -2.18. The number of methoxy groups -OCH3 is 1. The maximum atomic E-state index is 13.0. The van der Waals surface area contributed by atoms with Gasteiger partial charge < -0.3 is 4.74 Å². The third-order valence-electron chi connectivity index (χ3n) is 3.55. The zero-order valence-corrected chi connectivity index (χ0v) is 14.5. The molecule has 9 heteroatoms. The molecule has 26 heavy (non-hydrogen) atoms. The van der Waals surface area contributed by atoms with E-state index in [9.17, 15) is 12.8 Å². The van der Waals surface area contributed by atoms with E-state index in [0.29, 0.717) is 22.6 Å². The van der Waals surface area contributed by atoms with E-state index in [1.807, 2.05) is 0 Å². The van der Waals surface area contributed by atoms with E-state index in [1.54, 1.807) is 24.3 Å². The first-order chi connectivity index (χ1) is 12.5. The second-order valence-corrected chi connectivity index (χ2v) is 6.90. The number of aromatic amines is 1. The fraction of sp³-hybridized carbons (Fsp3) is 0.0588. The maximum absolute atomic E-state index is 13.0.